The van der Waals surface area contributed by atoms with Crippen molar-refractivity contribution in [3.05, 3.63) is 0 Å². The predicted octanol–water partition coefficient (Wildman–Crippen LogP) is 2.27. The Kier molecular flexibility index (Phi) is 3.26. The molecule has 11 heavy (non-hydrogen) atoms. The van der Waals surface area contributed by atoms with E-state index in [-0.39, 0.29) is 0 Å². The number of hydrogen-bond acceptors (Lipinski definition) is 2. The summed E-state index contributed by atoms with van der Waals surface area (Å²) in [5, 5.41) is 3.64. The standard InChI is InChI=1S/C9H19NS/c1-9(2,3)10-8-5-4-6-11-7-8/h8,10H,4-7H2,1-3H3. The Morgan fingerprint density at radius 1 is 1.36 bits per heavy atom. The van der Waals surface area contributed by atoms with Crippen molar-refractivity contribution in [3.8, 4) is 0 Å². The molecule has 0 amide bonds. The Morgan fingerprint density at radius 2 is 2.09 bits per heavy atom. The lowest BCUT2D eigenvalue weighted by Gasteiger charge is -2.30. The van der Waals surface area contributed by atoms with Gasteiger partial charge in [-0.2, -0.15) is 11.8 Å². The molecule has 1 aliphatic heterocycles. The van der Waals surface area contributed by atoms with Crippen molar-refractivity contribution >= 4 is 11.8 Å². The van der Waals surface area contributed by atoms with Crippen LogP contribution in [0.5, 0.6) is 0 Å². The fourth-order valence-corrected chi connectivity index (χ4v) is 2.54. The molecule has 1 fully saturated rings. The van der Waals surface area contributed by atoms with Crippen molar-refractivity contribution in [1.29, 1.82) is 0 Å². The molecular formula is C9H19NS. The molecule has 0 aromatic carbocycles. The van der Waals surface area contributed by atoms with E-state index < -0.39 is 0 Å². The van der Waals surface area contributed by atoms with Crippen molar-refractivity contribution in [1.82, 2.24) is 5.32 Å². The zero-order chi connectivity index (χ0) is 8.32. The summed E-state index contributed by atoms with van der Waals surface area (Å²) in [6.45, 7) is 6.73. The van der Waals surface area contributed by atoms with Gasteiger partial charge >= 0.3 is 0 Å². The van der Waals surface area contributed by atoms with E-state index in [2.05, 4.69) is 37.8 Å². The van der Waals surface area contributed by atoms with Crippen LogP contribution in [-0.2, 0) is 0 Å². The minimum absolute atomic E-state index is 0.294. The van der Waals surface area contributed by atoms with Gasteiger partial charge in [0.1, 0.15) is 0 Å². The van der Waals surface area contributed by atoms with Crippen molar-refractivity contribution in [2.24, 2.45) is 0 Å². The second kappa shape index (κ2) is 3.81. The van der Waals surface area contributed by atoms with Crippen LogP contribution in [0.4, 0.5) is 0 Å². The van der Waals surface area contributed by atoms with Crippen LogP contribution in [0.15, 0.2) is 0 Å². The van der Waals surface area contributed by atoms with E-state index >= 15 is 0 Å². The summed E-state index contributed by atoms with van der Waals surface area (Å²) in [6, 6.07) is 0.758. The van der Waals surface area contributed by atoms with E-state index in [0.29, 0.717) is 5.54 Å². The van der Waals surface area contributed by atoms with Gasteiger partial charge in [-0.05, 0) is 39.4 Å². The van der Waals surface area contributed by atoms with Crippen LogP contribution < -0.4 is 5.32 Å². The molecular weight excluding hydrogens is 154 g/mol. The number of nitrogens with one attached hydrogen (secondary N) is 1. The smallest absolute Gasteiger partial charge is 0.0163 e. The van der Waals surface area contributed by atoms with E-state index in [1.165, 1.54) is 24.3 Å². The van der Waals surface area contributed by atoms with E-state index in [1.54, 1.807) is 0 Å². The third-order valence-corrected chi connectivity index (χ3v) is 3.01. The summed E-state index contributed by atoms with van der Waals surface area (Å²) in [4.78, 5) is 0. The van der Waals surface area contributed by atoms with E-state index in [1.807, 2.05) is 0 Å². The average molecular weight is 173 g/mol. The predicted molar refractivity (Wildman–Crippen MR) is 53.2 cm³/mol. The maximum atomic E-state index is 3.64. The molecule has 1 unspecified atom stereocenters. The lowest BCUT2D eigenvalue weighted by molar-refractivity contribution is 0.359. The summed E-state index contributed by atoms with van der Waals surface area (Å²) < 4.78 is 0. The number of rotatable bonds is 1. The highest BCUT2D eigenvalue weighted by Crippen LogP contribution is 2.18. The molecule has 1 atom stereocenters. The Labute approximate surface area is 74.3 Å². The highest BCUT2D eigenvalue weighted by Gasteiger charge is 2.18. The third kappa shape index (κ3) is 4.02. The van der Waals surface area contributed by atoms with Crippen molar-refractivity contribution in [3.63, 3.8) is 0 Å². The van der Waals surface area contributed by atoms with E-state index in [0.717, 1.165) is 6.04 Å². The highest BCUT2D eigenvalue weighted by atomic mass is 32.2. The van der Waals surface area contributed by atoms with Crippen LogP contribution in [0, 0.1) is 0 Å². The third-order valence-electron chi connectivity index (χ3n) is 1.80. The lowest BCUT2D eigenvalue weighted by Crippen LogP contribution is -2.45. The normalized spacial score (nSPS) is 27.0. The first-order valence-corrected chi connectivity index (χ1v) is 5.59. The molecule has 66 valence electrons. The summed E-state index contributed by atoms with van der Waals surface area (Å²) >= 11 is 2.08. The quantitative estimate of drug-likeness (QED) is 0.653. The van der Waals surface area contributed by atoms with E-state index in [9.17, 15) is 0 Å². The summed E-state index contributed by atoms with van der Waals surface area (Å²) in [7, 11) is 0. The molecule has 1 N–H and O–H groups in total. The van der Waals surface area contributed by atoms with Crippen LogP contribution in [0.2, 0.25) is 0 Å². The maximum absolute atomic E-state index is 3.64. The molecule has 0 aromatic heterocycles. The first kappa shape index (κ1) is 9.40. The van der Waals surface area contributed by atoms with Gasteiger partial charge in [0.15, 0.2) is 0 Å². The molecule has 1 rings (SSSR count). The molecule has 1 nitrogen and oxygen atoms in total. The first-order valence-electron chi connectivity index (χ1n) is 4.43. The van der Waals surface area contributed by atoms with Gasteiger partial charge in [-0.15, -0.1) is 0 Å². The first-order chi connectivity index (χ1) is 5.08. The number of hydrogen-bond donors (Lipinski definition) is 1. The summed E-state index contributed by atoms with van der Waals surface area (Å²) in [5.41, 5.74) is 0.294. The van der Waals surface area contributed by atoms with Crippen LogP contribution in [0.3, 0.4) is 0 Å². The Bertz CT molecular complexity index is 111. The van der Waals surface area contributed by atoms with Crippen molar-refractivity contribution in [2.45, 2.75) is 45.2 Å². The molecule has 0 spiro atoms. The van der Waals surface area contributed by atoms with Gasteiger partial charge in [0, 0.05) is 17.3 Å². The molecule has 0 aliphatic carbocycles. The topological polar surface area (TPSA) is 12.0 Å². The van der Waals surface area contributed by atoms with Gasteiger partial charge < -0.3 is 5.32 Å². The zero-order valence-corrected chi connectivity index (χ0v) is 8.63. The van der Waals surface area contributed by atoms with Gasteiger partial charge in [-0.3, -0.25) is 0 Å². The zero-order valence-electron chi connectivity index (χ0n) is 7.81. The Balaban J connectivity index is 2.24. The van der Waals surface area contributed by atoms with Crippen molar-refractivity contribution < 1.29 is 0 Å². The maximum Gasteiger partial charge on any atom is 0.0163 e. The molecule has 0 radical (unpaired) electrons. The van der Waals surface area contributed by atoms with Gasteiger partial charge in [-0.1, -0.05) is 0 Å². The Morgan fingerprint density at radius 3 is 2.55 bits per heavy atom. The minimum Gasteiger partial charge on any atom is -0.308 e. The highest BCUT2D eigenvalue weighted by molar-refractivity contribution is 7.99. The Hall–Kier alpha value is 0.310. The fourth-order valence-electron chi connectivity index (χ4n) is 1.47. The second-order valence-electron chi connectivity index (χ2n) is 4.31. The van der Waals surface area contributed by atoms with Crippen molar-refractivity contribution in [2.75, 3.05) is 11.5 Å². The average Bonchev–Trinajstić information content (AvgIpc) is 1.85. The van der Waals surface area contributed by atoms with Crippen LogP contribution in [-0.4, -0.2) is 23.1 Å². The SMILES string of the molecule is CC(C)(C)NC1CCCSC1. The lowest BCUT2D eigenvalue weighted by atomic mass is 10.1. The monoisotopic (exact) mass is 173 g/mol. The van der Waals surface area contributed by atoms with Crippen LogP contribution in [0.1, 0.15) is 33.6 Å². The molecule has 1 saturated heterocycles. The molecule has 1 heterocycles. The minimum atomic E-state index is 0.294. The van der Waals surface area contributed by atoms with Gasteiger partial charge in [0.05, 0.1) is 0 Å². The summed E-state index contributed by atoms with van der Waals surface area (Å²) in [6.07, 6.45) is 2.75. The van der Waals surface area contributed by atoms with Crippen LogP contribution in [0.25, 0.3) is 0 Å². The van der Waals surface area contributed by atoms with Gasteiger partial charge in [0.25, 0.3) is 0 Å². The van der Waals surface area contributed by atoms with E-state index in [4.69, 9.17) is 0 Å². The molecule has 2 heteroatoms. The summed E-state index contributed by atoms with van der Waals surface area (Å²) in [5.74, 6) is 2.67. The number of thioether (sulfide) groups is 1. The van der Waals surface area contributed by atoms with Crippen LogP contribution >= 0.6 is 11.8 Å². The fraction of sp³-hybridized carbons (Fsp3) is 1.00. The molecule has 0 aromatic rings. The molecule has 0 bridgehead atoms. The molecule has 1 aliphatic rings. The van der Waals surface area contributed by atoms with Gasteiger partial charge in [-0.25, -0.2) is 0 Å². The molecule has 0 saturated carbocycles. The largest absolute Gasteiger partial charge is 0.308 e. The second-order valence-corrected chi connectivity index (χ2v) is 5.46. The van der Waals surface area contributed by atoms with Gasteiger partial charge in [0.2, 0.25) is 0 Å².